The monoisotopic (exact) mass is 213 g/mol. The summed E-state index contributed by atoms with van der Waals surface area (Å²) in [5.74, 6) is 0. The zero-order valence-electron chi connectivity index (χ0n) is 9.21. The van der Waals surface area contributed by atoms with Gasteiger partial charge in [0.05, 0.1) is 11.6 Å². The maximum atomic E-state index is 9.10. The highest BCUT2D eigenvalue weighted by atomic mass is 15.0. The Morgan fingerprint density at radius 2 is 2.06 bits per heavy atom. The van der Waals surface area contributed by atoms with Crippen LogP contribution in [0, 0.1) is 11.3 Å². The van der Waals surface area contributed by atoms with E-state index in [0.717, 1.165) is 37.9 Å². The van der Waals surface area contributed by atoms with Crippen molar-refractivity contribution in [2.24, 2.45) is 0 Å². The van der Waals surface area contributed by atoms with Crippen LogP contribution in [0.1, 0.15) is 24.0 Å². The Morgan fingerprint density at radius 1 is 1.25 bits per heavy atom. The number of nitriles is 1. The Kier molecular flexibility index (Phi) is 2.12. The molecule has 0 aromatic heterocycles. The molecule has 3 heteroatoms. The van der Waals surface area contributed by atoms with E-state index in [2.05, 4.69) is 22.8 Å². The number of benzene rings is 1. The van der Waals surface area contributed by atoms with Gasteiger partial charge in [0, 0.05) is 11.2 Å². The number of nitrogens with one attached hydrogen (secondary N) is 2. The number of hydrogen-bond donors (Lipinski definition) is 2. The van der Waals surface area contributed by atoms with Crippen LogP contribution in [0.2, 0.25) is 0 Å². The highest BCUT2D eigenvalue weighted by Gasteiger charge is 2.38. The van der Waals surface area contributed by atoms with Gasteiger partial charge in [0.2, 0.25) is 0 Å². The van der Waals surface area contributed by atoms with Gasteiger partial charge in [0.1, 0.15) is 0 Å². The Morgan fingerprint density at radius 3 is 2.81 bits per heavy atom. The van der Waals surface area contributed by atoms with Crippen LogP contribution in [-0.4, -0.2) is 18.6 Å². The molecule has 3 nitrogen and oxygen atoms in total. The molecule has 0 saturated carbocycles. The van der Waals surface area contributed by atoms with Gasteiger partial charge in [-0.25, -0.2) is 0 Å². The smallest absolute Gasteiger partial charge is 0.0995 e. The summed E-state index contributed by atoms with van der Waals surface area (Å²) in [4.78, 5) is 0. The molecule has 82 valence electrons. The van der Waals surface area contributed by atoms with Crippen molar-refractivity contribution in [3.8, 4) is 6.07 Å². The molecule has 0 unspecified atom stereocenters. The van der Waals surface area contributed by atoms with Crippen LogP contribution < -0.4 is 10.6 Å². The third-order valence-electron chi connectivity index (χ3n) is 3.77. The van der Waals surface area contributed by atoms with Gasteiger partial charge in [-0.1, -0.05) is 6.07 Å². The molecule has 0 radical (unpaired) electrons. The van der Waals surface area contributed by atoms with Gasteiger partial charge in [0.15, 0.2) is 0 Å². The summed E-state index contributed by atoms with van der Waals surface area (Å²) in [5, 5.41) is 16.1. The number of nitrogens with zero attached hydrogens (tertiary/aromatic N) is 1. The lowest BCUT2D eigenvalue weighted by Gasteiger charge is -2.34. The maximum absolute atomic E-state index is 9.10. The summed E-state index contributed by atoms with van der Waals surface area (Å²) in [6.07, 6.45) is 3.30. The molecule has 1 spiro atoms. The molecule has 2 N–H and O–H groups in total. The van der Waals surface area contributed by atoms with E-state index in [0.29, 0.717) is 0 Å². The quantitative estimate of drug-likeness (QED) is 0.689. The van der Waals surface area contributed by atoms with Gasteiger partial charge < -0.3 is 10.6 Å². The molecule has 0 aliphatic carbocycles. The van der Waals surface area contributed by atoms with Crippen molar-refractivity contribution in [2.75, 3.05) is 18.4 Å². The van der Waals surface area contributed by atoms with Crippen molar-refractivity contribution in [2.45, 2.75) is 24.8 Å². The van der Waals surface area contributed by atoms with Crippen molar-refractivity contribution >= 4 is 5.69 Å². The first-order chi connectivity index (χ1) is 7.83. The van der Waals surface area contributed by atoms with E-state index in [9.17, 15) is 0 Å². The number of rotatable bonds is 0. The topological polar surface area (TPSA) is 47.9 Å². The fourth-order valence-electron chi connectivity index (χ4n) is 2.87. The Balaban J connectivity index is 1.97. The molecule has 1 aromatic rings. The minimum atomic E-state index is 0.209. The molecule has 3 rings (SSSR count). The largest absolute Gasteiger partial charge is 0.379 e. The third kappa shape index (κ3) is 1.38. The van der Waals surface area contributed by atoms with E-state index in [4.69, 9.17) is 5.26 Å². The molecular weight excluding hydrogens is 198 g/mol. The SMILES string of the molecule is N#Cc1cccc2c1CC1(CCNCC1)N2. The zero-order valence-corrected chi connectivity index (χ0v) is 9.21. The van der Waals surface area contributed by atoms with E-state index in [-0.39, 0.29) is 5.54 Å². The average molecular weight is 213 g/mol. The highest BCUT2D eigenvalue weighted by molar-refractivity contribution is 5.64. The first-order valence-corrected chi connectivity index (χ1v) is 5.84. The summed E-state index contributed by atoms with van der Waals surface area (Å²) in [6.45, 7) is 2.14. The van der Waals surface area contributed by atoms with Crippen LogP contribution in [0.25, 0.3) is 0 Å². The summed E-state index contributed by atoms with van der Waals surface area (Å²) < 4.78 is 0. The summed E-state index contributed by atoms with van der Waals surface area (Å²) in [6, 6.07) is 8.26. The van der Waals surface area contributed by atoms with Crippen molar-refractivity contribution in [1.29, 1.82) is 5.26 Å². The average Bonchev–Trinajstić information content (AvgIpc) is 2.67. The number of piperidine rings is 1. The second-order valence-corrected chi connectivity index (χ2v) is 4.78. The summed E-state index contributed by atoms with van der Waals surface area (Å²) in [5.41, 5.74) is 3.42. The first-order valence-electron chi connectivity index (χ1n) is 5.84. The lowest BCUT2D eigenvalue weighted by molar-refractivity contribution is 0.348. The molecule has 0 bridgehead atoms. The van der Waals surface area contributed by atoms with Gasteiger partial charge in [-0.05, 0) is 50.0 Å². The van der Waals surface area contributed by atoms with Gasteiger partial charge in [-0.2, -0.15) is 5.26 Å². The van der Waals surface area contributed by atoms with Gasteiger partial charge in [-0.3, -0.25) is 0 Å². The van der Waals surface area contributed by atoms with Crippen molar-refractivity contribution < 1.29 is 0 Å². The fourth-order valence-corrected chi connectivity index (χ4v) is 2.87. The first kappa shape index (κ1) is 9.68. The predicted molar refractivity (Wildman–Crippen MR) is 63.3 cm³/mol. The van der Waals surface area contributed by atoms with E-state index < -0.39 is 0 Å². The number of hydrogen-bond acceptors (Lipinski definition) is 3. The van der Waals surface area contributed by atoms with Crippen molar-refractivity contribution in [3.05, 3.63) is 29.3 Å². The molecule has 16 heavy (non-hydrogen) atoms. The van der Waals surface area contributed by atoms with E-state index in [1.807, 2.05) is 12.1 Å². The van der Waals surface area contributed by atoms with Crippen LogP contribution in [0.15, 0.2) is 18.2 Å². The van der Waals surface area contributed by atoms with Crippen LogP contribution in [0.3, 0.4) is 0 Å². The van der Waals surface area contributed by atoms with Crippen molar-refractivity contribution in [3.63, 3.8) is 0 Å². The maximum Gasteiger partial charge on any atom is 0.0995 e. The second kappa shape index (κ2) is 3.50. The Bertz CT molecular complexity index is 453. The lowest BCUT2D eigenvalue weighted by Crippen LogP contribution is -2.46. The highest BCUT2D eigenvalue weighted by Crippen LogP contribution is 2.38. The standard InChI is InChI=1S/C13H15N3/c14-9-10-2-1-3-12-11(10)8-13(16-12)4-6-15-7-5-13/h1-3,15-16H,4-8H2. The zero-order chi connectivity index (χ0) is 11.0. The van der Waals surface area contributed by atoms with Crippen LogP contribution >= 0.6 is 0 Å². The molecule has 2 aliphatic heterocycles. The molecular formula is C13H15N3. The van der Waals surface area contributed by atoms with E-state index in [1.54, 1.807) is 0 Å². The fraction of sp³-hybridized carbons (Fsp3) is 0.462. The van der Waals surface area contributed by atoms with Gasteiger partial charge >= 0.3 is 0 Å². The molecule has 0 amide bonds. The van der Waals surface area contributed by atoms with Crippen LogP contribution in [-0.2, 0) is 6.42 Å². The normalized spacial score (nSPS) is 21.2. The molecule has 2 heterocycles. The molecule has 0 atom stereocenters. The predicted octanol–water partition coefficient (Wildman–Crippen LogP) is 1.65. The van der Waals surface area contributed by atoms with Crippen LogP contribution in [0.5, 0.6) is 0 Å². The summed E-state index contributed by atoms with van der Waals surface area (Å²) in [7, 11) is 0. The summed E-state index contributed by atoms with van der Waals surface area (Å²) >= 11 is 0. The molecule has 1 fully saturated rings. The van der Waals surface area contributed by atoms with Crippen molar-refractivity contribution in [1.82, 2.24) is 5.32 Å². The lowest BCUT2D eigenvalue weighted by atomic mass is 9.85. The van der Waals surface area contributed by atoms with Gasteiger partial charge in [-0.15, -0.1) is 0 Å². The van der Waals surface area contributed by atoms with E-state index in [1.165, 1.54) is 11.3 Å². The Hall–Kier alpha value is -1.53. The minimum absolute atomic E-state index is 0.209. The Labute approximate surface area is 95.5 Å². The van der Waals surface area contributed by atoms with Crippen LogP contribution in [0.4, 0.5) is 5.69 Å². The van der Waals surface area contributed by atoms with Gasteiger partial charge in [0.25, 0.3) is 0 Å². The third-order valence-corrected chi connectivity index (χ3v) is 3.77. The number of fused-ring (bicyclic) bond motifs is 1. The second-order valence-electron chi connectivity index (χ2n) is 4.78. The minimum Gasteiger partial charge on any atom is -0.379 e. The number of anilines is 1. The molecule has 2 aliphatic rings. The molecule has 1 saturated heterocycles. The molecule has 1 aromatic carbocycles. The van der Waals surface area contributed by atoms with E-state index >= 15 is 0 Å².